The summed E-state index contributed by atoms with van der Waals surface area (Å²) in [4.78, 5) is 14.2. The van der Waals surface area contributed by atoms with Crippen molar-refractivity contribution in [2.75, 3.05) is 6.54 Å². The zero-order valence-electron chi connectivity index (χ0n) is 16.2. The predicted molar refractivity (Wildman–Crippen MR) is 104 cm³/mol. The molecule has 2 atom stereocenters. The number of ether oxygens (including phenoxy) is 1. The maximum atomic E-state index is 13.3. The second-order valence-corrected chi connectivity index (χ2v) is 7.89. The molecule has 1 N–H and O–H groups in total. The molecule has 0 radical (unpaired) electrons. The van der Waals surface area contributed by atoms with E-state index < -0.39 is 6.04 Å². The molecule has 0 bridgehead atoms. The first-order valence-corrected chi connectivity index (χ1v) is 9.78. The van der Waals surface area contributed by atoms with Gasteiger partial charge in [0.1, 0.15) is 17.6 Å². The van der Waals surface area contributed by atoms with Crippen molar-refractivity contribution in [3.63, 3.8) is 0 Å². The summed E-state index contributed by atoms with van der Waals surface area (Å²) in [5.74, 6) is 2.75. The van der Waals surface area contributed by atoms with Gasteiger partial charge in [0.25, 0.3) is 0 Å². The normalized spacial score (nSPS) is 29.7. The molecule has 2 aliphatic rings. The quantitative estimate of drug-likeness (QED) is 0.794. The SMILES string of the molecule is C#CC1CC[C@@H](C#N)N1C(=O)CN[C@]1(C)CC[C@@H](Oc2cccc(F)c2)CC1. The van der Waals surface area contributed by atoms with E-state index in [0.29, 0.717) is 18.6 Å². The summed E-state index contributed by atoms with van der Waals surface area (Å²) >= 11 is 0. The van der Waals surface area contributed by atoms with Crippen LogP contribution in [-0.4, -0.2) is 41.1 Å². The van der Waals surface area contributed by atoms with Gasteiger partial charge >= 0.3 is 0 Å². The molecule has 28 heavy (non-hydrogen) atoms. The summed E-state index contributed by atoms with van der Waals surface area (Å²) in [6.07, 6.45) is 10.2. The number of amides is 1. The Morgan fingerprint density at radius 2 is 2.07 bits per heavy atom. The molecule has 1 aromatic rings. The van der Waals surface area contributed by atoms with Crippen LogP contribution in [0.1, 0.15) is 45.4 Å². The van der Waals surface area contributed by atoms with Gasteiger partial charge in [0.05, 0.1) is 24.8 Å². The monoisotopic (exact) mass is 383 g/mol. The molecule has 1 saturated carbocycles. The number of hydrogen-bond acceptors (Lipinski definition) is 4. The molecule has 5 nitrogen and oxygen atoms in total. The van der Waals surface area contributed by atoms with Crippen LogP contribution in [0.25, 0.3) is 0 Å². The van der Waals surface area contributed by atoms with E-state index in [4.69, 9.17) is 11.2 Å². The number of carbonyl (C=O) groups is 1. The first kappa shape index (κ1) is 20.2. The highest BCUT2D eigenvalue weighted by molar-refractivity contribution is 5.80. The third kappa shape index (κ3) is 4.64. The Labute approximate surface area is 165 Å². The molecule has 1 heterocycles. The molecule has 6 heteroatoms. The van der Waals surface area contributed by atoms with Gasteiger partial charge in [0, 0.05) is 11.6 Å². The number of nitrogens with one attached hydrogen (secondary N) is 1. The van der Waals surface area contributed by atoms with Crippen LogP contribution in [-0.2, 0) is 4.79 Å². The molecule has 1 unspecified atom stereocenters. The van der Waals surface area contributed by atoms with Crippen molar-refractivity contribution in [1.82, 2.24) is 10.2 Å². The summed E-state index contributed by atoms with van der Waals surface area (Å²) in [7, 11) is 0. The van der Waals surface area contributed by atoms with Crippen molar-refractivity contribution in [3.8, 4) is 24.2 Å². The molecule has 148 valence electrons. The van der Waals surface area contributed by atoms with E-state index in [1.165, 1.54) is 12.1 Å². The second kappa shape index (κ2) is 8.63. The fourth-order valence-electron chi connectivity index (χ4n) is 4.09. The summed E-state index contributed by atoms with van der Waals surface area (Å²) in [5.41, 5.74) is -0.176. The van der Waals surface area contributed by atoms with Gasteiger partial charge in [-0.15, -0.1) is 6.42 Å². The second-order valence-electron chi connectivity index (χ2n) is 7.89. The van der Waals surface area contributed by atoms with Crippen molar-refractivity contribution in [2.24, 2.45) is 0 Å². The third-order valence-electron chi connectivity index (χ3n) is 5.82. The number of benzene rings is 1. The van der Waals surface area contributed by atoms with Crippen LogP contribution < -0.4 is 10.1 Å². The zero-order chi connectivity index (χ0) is 20.1. The van der Waals surface area contributed by atoms with Gasteiger partial charge < -0.3 is 15.0 Å². The number of halogens is 1. The molecule has 3 rings (SSSR count). The minimum Gasteiger partial charge on any atom is -0.490 e. The van der Waals surface area contributed by atoms with Gasteiger partial charge in [-0.3, -0.25) is 4.79 Å². The Bertz CT molecular complexity index is 768. The number of terminal acetylenes is 1. The van der Waals surface area contributed by atoms with Crippen LogP contribution in [0, 0.1) is 29.5 Å². The summed E-state index contributed by atoms with van der Waals surface area (Å²) in [5, 5.41) is 12.6. The smallest absolute Gasteiger partial charge is 0.238 e. The molecule has 1 amide bonds. The number of nitrogens with zero attached hydrogens (tertiary/aromatic N) is 2. The predicted octanol–water partition coefficient (Wildman–Crippen LogP) is 3.01. The van der Waals surface area contributed by atoms with Crippen LogP contribution in [0.3, 0.4) is 0 Å². The first-order chi connectivity index (χ1) is 13.4. The minimum absolute atomic E-state index is 0.0414. The minimum atomic E-state index is -0.432. The molecule has 1 aliphatic heterocycles. The fraction of sp³-hybridized carbons (Fsp3) is 0.545. The standard InChI is InChI=1S/C22H26FN3O2/c1-3-17-7-8-18(14-24)26(17)21(27)15-25-22(2)11-9-19(10-12-22)28-20-6-4-5-16(23)13-20/h1,4-6,13,17-19,25H,7-12,15H2,2H3/t17?,18-,19-,22-/m0/s1. The summed E-state index contributed by atoms with van der Waals surface area (Å²) in [6, 6.07) is 7.65. The van der Waals surface area contributed by atoms with Crippen molar-refractivity contribution in [1.29, 1.82) is 5.26 Å². The van der Waals surface area contributed by atoms with E-state index in [1.807, 2.05) is 0 Å². The molecule has 2 fully saturated rings. The Balaban J connectivity index is 1.50. The topological polar surface area (TPSA) is 65.4 Å². The van der Waals surface area contributed by atoms with Gasteiger partial charge in [-0.25, -0.2) is 4.39 Å². The van der Waals surface area contributed by atoms with Crippen molar-refractivity contribution in [2.45, 2.75) is 69.2 Å². The molecular formula is C22H26FN3O2. The first-order valence-electron chi connectivity index (χ1n) is 9.78. The van der Waals surface area contributed by atoms with Crippen LogP contribution in [0.4, 0.5) is 4.39 Å². The number of carbonyl (C=O) groups excluding carboxylic acids is 1. The number of likely N-dealkylation sites (tertiary alicyclic amines) is 1. The maximum absolute atomic E-state index is 13.3. The average molecular weight is 383 g/mol. The zero-order valence-corrected chi connectivity index (χ0v) is 16.2. The number of rotatable bonds is 5. The van der Waals surface area contributed by atoms with Crippen LogP contribution >= 0.6 is 0 Å². The van der Waals surface area contributed by atoms with Crippen molar-refractivity contribution >= 4 is 5.91 Å². The van der Waals surface area contributed by atoms with Crippen LogP contribution in [0.15, 0.2) is 24.3 Å². The van der Waals surface area contributed by atoms with E-state index in [1.54, 1.807) is 17.0 Å². The highest BCUT2D eigenvalue weighted by atomic mass is 19.1. The van der Waals surface area contributed by atoms with Crippen molar-refractivity contribution < 1.29 is 13.9 Å². The number of hydrogen-bond donors (Lipinski definition) is 1. The third-order valence-corrected chi connectivity index (χ3v) is 5.82. The van der Waals surface area contributed by atoms with E-state index in [9.17, 15) is 14.4 Å². The van der Waals surface area contributed by atoms with Gasteiger partial charge in [-0.2, -0.15) is 5.26 Å². The van der Waals surface area contributed by atoms with E-state index in [-0.39, 0.29) is 36.0 Å². The van der Waals surface area contributed by atoms with Crippen LogP contribution in [0.5, 0.6) is 5.75 Å². The molecule has 1 saturated heterocycles. The van der Waals surface area contributed by atoms with Gasteiger partial charge in [0.15, 0.2) is 0 Å². The lowest BCUT2D eigenvalue weighted by Gasteiger charge is -2.38. The van der Waals surface area contributed by atoms with E-state index >= 15 is 0 Å². The highest BCUT2D eigenvalue weighted by Gasteiger charge is 2.37. The highest BCUT2D eigenvalue weighted by Crippen LogP contribution is 2.31. The van der Waals surface area contributed by atoms with Gasteiger partial charge in [-0.05, 0) is 57.6 Å². The largest absolute Gasteiger partial charge is 0.490 e. The molecule has 0 aromatic heterocycles. The molecular weight excluding hydrogens is 357 g/mol. The Hall–Kier alpha value is -2.57. The van der Waals surface area contributed by atoms with E-state index in [0.717, 1.165) is 25.7 Å². The molecule has 0 spiro atoms. The lowest BCUT2D eigenvalue weighted by Crippen LogP contribution is -2.52. The van der Waals surface area contributed by atoms with E-state index in [2.05, 4.69) is 24.2 Å². The Kier molecular flexibility index (Phi) is 6.21. The molecule has 1 aromatic carbocycles. The van der Waals surface area contributed by atoms with Crippen LogP contribution in [0.2, 0.25) is 0 Å². The van der Waals surface area contributed by atoms with Gasteiger partial charge in [-0.1, -0.05) is 12.0 Å². The fourth-order valence-corrected chi connectivity index (χ4v) is 4.09. The van der Waals surface area contributed by atoms with Crippen molar-refractivity contribution in [3.05, 3.63) is 30.1 Å². The maximum Gasteiger partial charge on any atom is 0.238 e. The molecule has 1 aliphatic carbocycles. The summed E-state index contributed by atoms with van der Waals surface area (Å²) < 4.78 is 19.2. The summed E-state index contributed by atoms with van der Waals surface area (Å²) in [6.45, 7) is 2.27. The average Bonchev–Trinajstić information content (AvgIpc) is 3.11. The Morgan fingerprint density at radius 3 is 2.71 bits per heavy atom. The van der Waals surface area contributed by atoms with Gasteiger partial charge in [0.2, 0.25) is 5.91 Å². The number of nitriles is 1. The lowest BCUT2D eigenvalue weighted by molar-refractivity contribution is -0.131. The lowest BCUT2D eigenvalue weighted by atomic mass is 9.82. The Morgan fingerprint density at radius 1 is 1.36 bits per heavy atom.